The molecule has 0 aromatic carbocycles. The molecule has 1 rings (SSSR count). The molecule has 2 heteroatoms. The lowest BCUT2D eigenvalue weighted by atomic mass is 10.1. The second-order valence-electron chi connectivity index (χ2n) is 4.30. The zero-order valence-corrected chi connectivity index (χ0v) is 10.2. The number of aryl methyl sites for hydroxylation is 1. The first-order valence-electron chi connectivity index (χ1n) is 5.34. The third kappa shape index (κ3) is 1.85. The zero-order valence-electron chi connectivity index (χ0n) is 10.2. The molecule has 0 saturated heterocycles. The number of hydrogen-bond donors (Lipinski definition) is 1. The smallest absolute Gasteiger partial charge is 0.0306 e. The lowest BCUT2D eigenvalue weighted by Gasteiger charge is -2.15. The van der Waals surface area contributed by atoms with Crippen molar-refractivity contribution in [1.29, 1.82) is 0 Å². The summed E-state index contributed by atoms with van der Waals surface area (Å²) in [5.74, 6) is 0. The number of rotatable bonds is 3. The van der Waals surface area contributed by atoms with Crippen LogP contribution >= 0.6 is 0 Å². The Bertz CT molecular complexity index is 310. The van der Waals surface area contributed by atoms with Crippen molar-refractivity contribution in [1.82, 2.24) is 9.88 Å². The van der Waals surface area contributed by atoms with Crippen LogP contribution in [0.4, 0.5) is 0 Å². The van der Waals surface area contributed by atoms with Gasteiger partial charge in [-0.2, -0.15) is 0 Å². The van der Waals surface area contributed by atoms with Crippen LogP contribution in [0.25, 0.3) is 0 Å². The maximum atomic E-state index is 3.29. The molecule has 0 aliphatic rings. The number of aromatic nitrogens is 1. The quantitative estimate of drug-likeness (QED) is 0.782. The standard InChI is InChI=1S/C12H22N2/c1-8(2)14-9(3)7-12(11(14)5)10(4)13-6/h7-8,10,13H,1-6H3/t10-/m1/s1. The highest BCUT2D eigenvalue weighted by Crippen LogP contribution is 2.24. The van der Waals surface area contributed by atoms with Crippen LogP contribution in [0.2, 0.25) is 0 Å². The van der Waals surface area contributed by atoms with E-state index in [1.54, 1.807) is 0 Å². The SMILES string of the molecule is CN[C@H](C)c1cc(C)n(C(C)C)c1C. The van der Waals surface area contributed by atoms with E-state index in [9.17, 15) is 0 Å². The second kappa shape index (κ2) is 4.18. The largest absolute Gasteiger partial charge is 0.346 e. The van der Waals surface area contributed by atoms with Gasteiger partial charge < -0.3 is 9.88 Å². The molecule has 80 valence electrons. The van der Waals surface area contributed by atoms with E-state index in [1.807, 2.05) is 7.05 Å². The maximum Gasteiger partial charge on any atom is 0.0306 e. The van der Waals surface area contributed by atoms with Gasteiger partial charge in [0.05, 0.1) is 0 Å². The van der Waals surface area contributed by atoms with Gasteiger partial charge in [0.2, 0.25) is 0 Å². The Balaban J connectivity index is 3.16. The molecule has 14 heavy (non-hydrogen) atoms. The van der Waals surface area contributed by atoms with E-state index in [2.05, 4.69) is 50.6 Å². The van der Waals surface area contributed by atoms with Gasteiger partial charge in [-0.3, -0.25) is 0 Å². The molecule has 2 nitrogen and oxygen atoms in total. The summed E-state index contributed by atoms with van der Waals surface area (Å²) in [5.41, 5.74) is 4.16. The van der Waals surface area contributed by atoms with Gasteiger partial charge in [-0.1, -0.05) is 0 Å². The molecular formula is C12H22N2. The lowest BCUT2D eigenvalue weighted by molar-refractivity contribution is 0.566. The predicted molar refractivity (Wildman–Crippen MR) is 61.8 cm³/mol. The fourth-order valence-electron chi connectivity index (χ4n) is 2.19. The van der Waals surface area contributed by atoms with Crippen LogP contribution in [-0.2, 0) is 0 Å². The molecule has 0 bridgehead atoms. The van der Waals surface area contributed by atoms with Gasteiger partial charge in [0, 0.05) is 23.5 Å². The van der Waals surface area contributed by atoms with Gasteiger partial charge in [0.15, 0.2) is 0 Å². The highest BCUT2D eigenvalue weighted by Gasteiger charge is 2.14. The van der Waals surface area contributed by atoms with Gasteiger partial charge in [-0.25, -0.2) is 0 Å². The van der Waals surface area contributed by atoms with Crippen LogP contribution in [0.5, 0.6) is 0 Å². The summed E-state index contributed by atoms with van der Waals surface area (Å²) >= 11 is 0. The number of nitrogens with one attached hydrogen (secondary N) is 1. The first kappa shape index (κ1) is 11.3. The molecule has 0 aliphatic heterocycles. The van der Waals surface area contributed by atoms with Crippen LogP contribution < -0.4 is 5.32 Å². The van der Waals surface area contributed by atoms with E-state index in [1.165, 1.54) is 17.0 Å². The Kier molecular flexibility index (Phi) is 3.38. The van der Waals surface area contributed by atoms with Crippen LogP contribution in [0.3, 0.4) is 0 Å². The van der Waals surface area contributed by atoms with Crippen molar-refractivity contribution in [2.24, 2.45) is 0 Å². The molecule has 0 radical (unpaired) electrons. The summed E-state index contributed by atoms with van der Waals surface area (Å²) in [6.45, 7) is 11.0. The molecule has 0 aliphatic carbocycles. The predicted octanol–water partition coefficient (Wildman–Crippen LogP) is 2.97. The Morgan fingerprint density at radius 3 is 2.14 bits per heavy atom. The Morgan fingerprint density at radius 2 is 1.79 bits per heavy atom. The fourth-order valence-corrected chi connectivity index (χ4v) is 2.19. The summed E-state index contributed by atoms with van der Waals surface area (Å²) in [4.78, 5) is 0. The summed E-state index contributed by atoms with van der Waals surface area (Å²) in [5, 5.41) is 3.29. The fraction of sp³-hybridized carbons (Fsp3) is 0.667. The number of nitrogens with zero attached hydrogens (tertiary/aromatic N) is 1. The third-order valence-electron chi connectivity index (χ3n) is 2.94. The molecule has 0 saturated carbocycles. The van der Waals surface area contributed by atoms with Crippen LogP contribution in [0.1, 0.15) is 49.8 Å². The molecule has 1 aromatic rings. The van der Waals surface area contributed by atoms with E-state index < -0.39 is 0 Å². The van der Waals surface area contributed by atoms with Gasteiger partial charge in [0.1, 0.15) is 0 Å². The topological polar surface area (TPSA) is 17.0 Å². The van der Waals surface area contributed by atoms with E-state index in [0.717, 1.165) is 0 Å². The molecule has 0 spiro atoms. The van der Waals surface area contributed by atoms with Crippen LogP contribution in [0.15, 0.2) is 6.07 Å². The molecule has 0 unspecified atom stereocenters. The van der Waals surface area contributed by atoms with Crippen LogP contribution in [0, 0.1) is 13.8 Å². The average Bonchev–Trinajstić information content (AvgIpc) is 2.40. The molecule has 1 aromatic heterocycles. The van der Waals surface area contributed by atoms with Crippen molar-refractivity contribution < 1.29 is 0 Å². The molecular weight excluding hydrogens is 172 g/mol. The van der Waals surface area contributed by atoms with Crippen molar-refractivity contribution in [2.75, 3.05) is 7.05 Å². The van der Waals surface area contributed by atoms with Gasteiger partial charge >= 0.3 is 0 Å². The minimum atomic E-state index is 0.439. The zero-order chi connectivity index (χ0) is 10.9. The Morgan fingerprint density at radius 1 is 1.21 bits per heavy atom. The summed E-state index contributed by atoms with van der Waals surface area (Å²) in [6, 6.07) is 3.28. The summed E-state index contributed by atoms with van der Waals surface area (Å²) in [7, 11) is 2.01. The number of hydrogen-bond acceptors (Lipinski definition) is 1. The van der Waals surface area contributed by atoms with Crippen molar-refractivity contribution in [3.8, 4) is 0 Å². The average molecular weight is 194 g/mol. The van der Waals surface area contributed by atoms with Gasteiger partial charge in [-0.05, 0) is 53.3 Å². The monoisotopic (exact) mass is 194 g/mol. The molecule has 1 N–H and O–H groups in total. The first-order valence-corrected chi connectivity index (χ1v) is 5.34. The van der Waals surface area contributed by atoms with E-state index in [0.29, 0.717) is 12.1 Å². The van der Waals surface area contributed by atoms with Gasteiger partial charge in [0.25, 0.3) is 0 Å². The van der Waals surface area contributed by atoms with Crippen LogP contribution in [-0.4, -0.2) is 11.6 Å². The highest BCUT2D eigenvalue weighted by atomic mass is 15.0. The Hall–Kier alpha value is -0.760. The Labute approximate surface area is 87.3 Å². The minimum absolute atomic E-state index is 0.439. The maximum absolute atomic E-state index is 3.29. The molecule has 0 fully saturated rings. The normalized spacial score (nSPS) is 13.6. The van der Waals surface area contributed by atoms with Crippen molar-refractivity contribution >= 4 is 0 Å². The molecule has 0 amide bonds. The second-order valence-corrected chi connectivity index (χ2v) is 4.30. The van der Waals surface area contributed by atoms with Crippen molar-refractivity contribution in [3.05, 3.63) is 23.0 Å². The minimum Gasteiger partial charge on any atom is -0.346 e. The van der Waals surface area contributed by atoms with Gasteiger partial charge in [-0.15, -0.1) is 0 Å². The van der Waals surface area contributed by atoms with E-state index >= 15 is 0 Å². The lowest BCUT2D eigenvalue weighted by Crippen LogP contribution is -2.13. The molecule has 1 atom stereocenters. The van der Waals surface area contributed by atoms with E-state index in [4.69, 9.17) is 0 Å². The highest BCUT2D eigenvalue weighted by molar-refractivity contribution is 5.29. The summed E-state index contributed by atoms with van der Waals surface area (Å²) < 4.78 is 2.39. The third-order valence-corrected chi connectivity index (χ3v) is 2.94. The van der Waals surface area contributed by atoms with Crippen molar-refractivity contribution in [2.45, 2.75) is 46.7 Å². The first-order chi connectivity index (χ1) is 6.49. The molecule has 1 heterocycles. The van der Waals surface area contributed by atoms with E-state index in [-0.39, 0.29) is 0 Å². The van der Waals surface area contributed by atoms with Crippen molar-refractivity contribution in [3.63, 3.8) is 0 Å². The summed E-state index contributed by atoms with van der Waals surface area (Å²) in [6.07, 6.45) is 0.